The molecule has 0 amide bonds. The van der Waals surface area contributed by atoms with E-state index in [2.05, 4.69) is 52.3 Å². The monoisotopic (exact) mass is 283 g/mol. The number of aromatic nitrogens is 1. The predicted molar refractivity (Wildman–Crippen MR) is 87.3 cm³/mol. The molecule has 0 radical (unpaired) electrons. The van der Waals surface area contributed by atoms with Gasteiger partial charge in [-0.25, -0.2) is 0 Å². The van der Waals surface area contributed by atoms with Crippen molar-refractivity contribution >= 4 is 10.9 Å². The van der Waals surface area contributed by atoms with E-state index in [4.69, 9.17) is 0 Å². The Morgan fingerprint density at radius 1 is 1.19 bits per heavy atom. The molecule has 1 unspecified atom stereocenters. The van der Waals surface area contributed by atoms with Gasteiger partial charge in [0.25, 0.3) is 0 Å². The van der Waals surface area contributed by atoms with E-state index >= 15 is 0 Å². The lowest BCUT2D eigenvalue weighted by Gasteiger charge is -2.15. The van der Waals surface area contributed by atoms with Crippen LogP contribution in [0.4, 0.5) is 0 Å². The number of hydrogen-bond acceptors (Lipinski definition) is 2. The van der Waals surface area contributed by atoms with Gasteiger partial charge in [0.05, 0.1) is 0 Å². The number of rotatable bonds is 5. The van der Waals surface area contributed by atoms with E-state index in [1.807, 2.05) is 0 Å². The van der Waals surface area contributed by atoms with Gasteiger partial charge in [-0.3, -0.25) is 0 Å². The van der Waals surface area contributed by atoms with E-state index < -0.39 is 0 Å². The molecule has 1 N–H and O–H groups in total. The fraction of sp³-hybridized carbons (Fsp3) is 0.556. The molecule has 2 fully saturated rings. The number of benzene rings is 1. The Morgan fingerprint density at radius 2 is 2.05 bits per heavy atom. The molecule has 1 aromatic carbocycles. The van der Waals surface area contributed by atoms with Gasteiger partial charge in [0.1, 0.15) is 0 Å². The molecule has 4 rings (SSSR count). The standard InChI is InChI=1S/C18H25N3/c1-20-13-15(17-4-2-3-5-18(17)20)11-19-10-14-8-9-21(12-14)16-6-7-16/h2-5,13-14,16,19H,6-12H2,1H3. The molecule has 1 aliphatic carbocycles. The van der Waals surface area contributed by atoms with Gasteiger partial charge >= 0.3 is 0 Å². The van der Waals surface area contributed by atoms with Crippen molar-refractivity contribution in [2.24, 2.45) is 13.0 Å². The zero-order valence-electron chi connectivity index (χ0n) is 12.9. The van der Waals surface area contributed by atoms with Crippen LogP contribution in [0.1, 0.15) is 24.8 Å². The van der Waals surface area contributed by atoms with Crippen molar-refractivity contribution in [1.29, 1.82) is 0 Å². The van der Waals surface area contributed by atoms with Gasteiger partial charge in [0.2, 0.25) is 0 Å². The summed E-state index contributed by atoms with van der Waals surface area (Å²) in [6.07, 6.45) is 6.52. The van der Waals surface area contributed by atoms with E-state index in [1.54, 1.807) is 0 Å². The summed E-state index contributed by atoms with van der Waals surface area (Å²) in [5.41, 5.74) is 2.75. The van der Waals surface area contributed by atoms with E-state index in [-0.39, 0.29) is 0 Å². The summed E-state index contributed by atoms with van der Waals surface area (Å²) < 4.78 is 2.23. The summed E-state index contributed by atoms with van der Waals surface area (Å²) in [4.78, 5) is 2.70. The van der Waals surface area contributed by atoms with Crippen LogP contribution >= 0.6 is 0 Å². The first-order chi connectivity index (χ1) is 10.3. The van der Waals surface area contributed by atoms with Crippen molar-refractivity contribution in [3.63, 3.8) is 0 Å². The van der Waals surface area contributed by atoms with Gasteiger partial charge in [0.15, 0.2) is 0 Å². The third kappa shape index (κ3) is 2.72. The summed E-state index contributed by atoms with van der Waals surface area (Å²) in [5, 5.41) is 5.08. The Kier molecular flexibility index (Phi) is 3.48. The normalized spacial score (nSPS) is 23.2. The molecule has 1 saturated heterocycles. The molecular weight excluding hydrogens is 258 g/mol. The number of fused-ring (bicyclic) bond motifs is 1. The fourth-order valence-corrected chi connectivity index (χ4v) is 3.78. The lowest BCUT2D eigenvalue weighted by Crippen LogP contribution is -2.27. The first kappa shape index (κ1) is 13.4. The number of aryl methyl sites for hydroxylation is 1. The number of likely N-dealkylation sites (tertiary alicyclic amines) is 1. The molecule has 3 heteroatoms. The van der Waals surface area contributed by atoms with Crippen molar-refractivity contribution in [2.45, 2.75) is 31.8 Å². The molecule has 3 nitrogen and oxygen atoms in total. The van der Waals surface area contributed by atoms with E-state index in [0.29, 0.717) is 0 Å². The lowest BCUT2D eigenvalue weighted by atomic mass is 10.1. The second kappa shape index (κ2) is 5.47. The van der Waals surface area contributed by atoms with Crippen LogP contribution in [0.2, 0.25) is 0 Å². The summed E-state index contributed by atoms with van der Waals surface area (Å²) in [7, 11) is 2.14. The van der Waals surface area contributed by atoms with Crippen molar-refractivity contribution < 1.29 is 0 Å². The number of hydrogen-bond donors (Lipinski definition) is 1. The zero-order valence-corrected chi connectivity index (χ0v) is 12.9. The first-order valence-corrected chi connectivity index (χ1v) is 8.29. The predicted octanol–water partition coefficient (Wildman–Crippen LogP) is 2.75. The van der Waals surface area contributed by atoms with Crippen molar-refractivity contribution in [3.8, 4) is 0 Å². The van der Waals surface area contributed by atoms with Gasteiger partial charge in [-0.1, -0.05) is 18.2 Å². The third-order valence-electron chi connectivity index (χ3n) is 5.11. The Bertz CT molecular complexity index is 626. The molecule has 2 aromatic rings. The minimum absolute atomic E-state index is 0.848. The molecule has 0 bridgehead atoms. The van der Waals surface area contributed by atoms with Crippen LogP contribution in [0.25, 0.3) is 10.9 Å². The van der Waals surface area contributed by atoms with Crippen LogP contribution in [0.15, 0.2) is 30.5 Å². The van der Waals surface area contributed by atoms with E-state index in [9.17, 15) is 0 Å². The summed E-state index contributed by atoms with van der Waals surface area (Å²) in [6.45, 7) is 4.78. The van der Waals surface area contributed by atoms with Crippen molar-refractivity contribution in [3.05, 3.63) is 36.0 Å². The van der Waals surface area contributed by atoms with Gasteiger partial charge < -0.3 is 14.8 Å². The van der Waals surface area contributed by atoms with Gasteiger partial charge in [-0.05, 0) is 49.9 Å². The number of nitrogens with one attached hydrogen (secondary N) is 1. The molecular formula is C18H25N3. The maximum absolute atomic E-state index is 3.69. The molecule has 1 saturated carbocycles. The Labute approximate surface area is 126 Å². The van der Waals surface area contributed by atoms with Crippen LogP contribution < -0.4 is 5.32 Å². The molecule has 2 heterocycles. The second-order valence-corrected chi connectivity index (χ2v) is 6.79. The fourth-order valence-electron chi connectivity index (χ4n) is 3.78. The third-order valence-corrected chi connectivity index (χ3v) is 5.11. The highest BCUT2D eigenvalue weighted by molar-refractivity contribution is 5.83. The molecule has 1 aliphatic heterocycles. The smallest absolute Gasteiger partial charge is 0.0481 e. The summed E-state index contributed by atoms with van der Waals surface area (Å²) in [5.74, 6) is 0.848. The average molecular weight is 283 g/mol. The molecule has 21 heavy (non-hydrogen) atoms. The Morgan fingerprint density at radius 3 is 2.90 bits per heavy atom. The van der Waals surface area contributed by atoms with E-state index in [0.717, 1.165) is 25.0 Å². The minimum atomic E-state index is 0.848. The zero-order chi connectivity index (χ0) is 14.2. The van der Waals surface area contributed by atoms with Crippen molar-refractivity contribution in [1.82, 2.24) is 14.8 Å². The molecule has 1 atom stereocenters. The molecule has 1 aromatic heterocycles. The Hall–Kier alpha value is -1.32. The average Bonchev–Trinajstić information content (AvgIpc) is 3.17. The number of para-hydroxylation sites is 1. The van der Waals surface area contributed by atoms with Crippen LogP contribution in [0, 0.1) is 5.92 Å². The van der Waals surface area contributed by atoms with Crippen LogP contribution in [-0.2, 0) is 13.6 Å². The van der Waals surface area contributed by atoms with Gasteiger partial charge in [-0.2, -0.15) is 0 Å². The van der Waals surface area contributed by atoms with Crippen LogP contribution in [0.3, 0.4) is 0 Å². The van der Waals surface area contributed by atoms with Gasteiger partial charge in [0, 0.05) is 43.3 Å². The van der Waals surface area contributed by atoms with Gasteiger partial charge in [-0.15, -0.1) is 0 Å². The lowest BCUT2D eigenvalue weighted by molar-refractivity contribution is 0.312. The maximum atomic E-state index is 3.69. The topological polar surface area (TPSA) is 20.2 Å². The SMILES string of the molecule is Cn1cc(CNCC2CCN(C3CC3)C2)c2ccccc21. The highest BCUT2D eigenvalue weighted by Crippen LogP contribution is 2.31. The first-order valence-electron chi connectivity index (χ1n) is 8.29. The minimum Gasteiger partial charge on any atom is -0.350 e. The number of nitrogens with zero attached hydrogens (tertiary/aromatic N) is 2. The van der Waals surface area contributed by atoms with E-state index in [1.165, 1.54) is 48.8 Å². The molecule has 2 aliphatic rings. The molecule has 0 spiro atoms. The Balaban J connectivity index is 1.34. The summed E-state index contributed by atoms with van der Waals surface area (Å²) in [6, 6.07) is 9.62. The van der Waals surface area contributed by atoms with Crippen LogP contribution in [-0.4, -0.2) is 35.1 Å². The highest BCUT2D eigenvalue weighted by Gasteiger charge is 2.33. The second-order valence-electron chi connectivity index (χ2n) is 6.79. The summed E-state index contributed by atoms with van der Waals surface area (Å²) >= 11 is 0. The quantitative estimate of drug-likeness (QED) is 0.910. The highest BCUT2D eigenvalue weighted by atomic mass is 15.2. The largest absolute Gasteiger partial charge is 0.350 e. The maximum Gasteiger partial charge on any atom is 0.0481 e. The van der Waals surface area contributed by atoms with Crippen LogP contribution in [0.5, 0.6) is 0 Å². The van der Waals surface area contributed by atoms with Crippen molar-refractivity contribution in [2.75, 3.05) is 19.6 Å². The molecule has 112 valence electrons.